The molecule has 0 aliphatic carbocycles. The van der Waals surface area contributed by atoms with Crippen molar-refractivity contribution in [3.8, 4) is 11.8 Å². The van der Waals surface area contributed by atoms with Crippen molar-refractivity contribution in [1.29, 1.82) is 0 Å². The molecule has 0 unspecified atom stereocenters. The van der Waals surface area contributed by atoms with Gasteiger partial charge in [0.25, 0.3) is 0 Å². The first-order valence-corrected chi connectivity index (χ1v) is 6.43. The standard InChI is InChI=1S/C15H23NO2/c1-6-8-12-10-11-13(9-7-2)16(12)14(17)18-15(3,4)5/h6,12-13H,1,8,10-11H2,2-5H3/t12-,13+/m1/s1. The molecule has 3 heteroatoms. The summed E-state index contributed by atoms with van der Waals surface area (Å²) in [6.07, 6.45) is 4.26. The van der Waals surface area contributed by atoms with Crippen molar-refractivity contribution in [2.45, 2.75) is 64.6 Å². The molecular formula is C15H23NO2. The highest BCUT2D eigenvalue weighted by Crippen LogP contribution is 2.28. The normalized spacial score (nSPS) is 23.2. The van der Waals surface area contributed by atoms with Crippen molar-refractivity contribution in [2.24, 2.45) is 0 Å². The highest BCUT2D eigenvalue weighted by molar-refractivity contribution is 5.70. The second-order valence-electron chi connectivity index (χ2n) is 5.55. The number of nitrogens with zero attached hydrogens (tertiary/aromatic N) is 1. The maximum Gasteiger partial charge on any atom is 0.411 e. The third-order valence-corrected chi connectivity index (χ3v) is 2.86. The first kappa shape index (κ1) is 14.6. The lowest BCUT2D eigenvalue weighted by Crippen LogP contribution is -2.43. The summed E-state index contributed by atoms with van der Waals surface area (Å²) >= 11 is 0. The molecule has 18 heavy (non-hydrogen) atoms. The van der Waals surface area contributed by atoms with Crippen molar-refractivity contribution in [2.75, 3.05) is 0 Å². The third-order valence-electron chi connectivity index (χ3n) is 2.86. The predicted molar refractivity (Wildman–Crippen MR) is 73.1 cm³/mol. The zero-order valence-corrected chi connectivity index (χ0v) is 11.8. The van der Waals surface area contributed by atoms with Crippen LogP contribution in [0.15, 0.2) is 12.7 Å². The summed E-state index contributed by atoms with van der Waals surface area (Å²) in [6, 6.07) is 0.151. The molecule has 2 atom stereocenters. The summed E-state index contributed by atoms with van der Waals surface area (Å²) in [7, 11) is 0. The van der Waals surface area contributed by atoms with Crippen molar-refractivity contribution >= 4 is 6.09 Å². The molecule has 0 N–H and O–H groups in total. The van der Waals surface area contributed by atoms with E-state index in [-0.39, 0.29) is 18.2 Å². The number of rotatable bonds is 2. The minimum absolute atomic E-state index is 0.0187. The van der Waals surface area contributed by atoms with Gasteiger partial charge >= 0.3 is 6.09 Å². The van der Waals surface area contributed by atoms with Crippen LogP contribution in [0.2, 0.25) is 0 Å². The van der Waals surface area contributed by atoms with Gasteiger partial charge in [-0.2, -0.15) is 0 Å². The molecule has 0 aromatic carbocycles. The minimum atomic E-state index is -0.470. The molecule has 0 spiro atoms. The molecule has 3 nitrogen and oxygen atoms in total. The maximum atomic E-state index is 12.2. The van der Waals surface area contributed by atoms with Gasteiger partial charge in [0.1, 0.15) is 5.60 Å². The van der Waals surface area contributed by atoms with E-state index in [1.807, 2.05) is 26.8 Å². The maximum absolute atomic E-state index is 12.2. The molecule has 1 fully saturated rings. The van der Waals surface area contributed by atoms with Gasteiger partial charge in [0, 0.05) is 6.04 Å². The third kappa shape index (κ3) is 3.80. The molecule has 1 aliphatic heterocycles. The second kappa shape index (κ2) is 5.95. The Morgan fingerprint density at radius 1 is 1.50 bits per heavy atom. The molecule has 0 aromatic rings. The lowest BCUT2D eigenvalue weighted by atomic mass is 10.1. The van der Waals surface area contributed by atoms with Crippen LogP contribution in [0.25, 0.3) is 0 Å². The van der Waals surface area contributed by atoms with E-state index >= 15 is 0 Å². The molecule has 1 aliphatic rings. The number of hydrogen-bond acceptors (Lipinski definition) is 2. The second-order valence-corrected chi connectivity index (χ2v) is 5.55. The van der Waals surface area contributed by atoms with E-state index in [9.17, 15) is 4.79 Å². The Labute approximate surface area is 110 Å². The summed E-state index contributed by atoms with van der Waals surface area (Å²) < 4.78 is 5.46. The Morgan fingerprint density at radius 3 is 2.67 bits per heavy atom. The Bertz CT molecular complexity index is 370. The first-order chi connectivity index (χ1) is 8.39. The van der Waals surface area contributed by atoms with Gasteiger partial charge in [0.15, 0.2) is 0 Å². The summed E-state index contributed by atoms with van der Waals surface area (Å²) in [5, 5.41) is 0. The number of carbonyl (C=O) groups excluding carboxylic acids is 1. The molecule has 1 saturated heterocycles. The van der Waals surface area contributed by atoms with Crippen LogP contribution in [0.3, 0.4) is 0 Å². The van der Waals surface area contributed by atoms with Gasteiger partial charge in [-0.25, -0.2) is 4.79 Å². The number of hydrogen-bond donors (Lipinski definition) is 0. The van der Waals surface area contributed by atoms with Crippen molar-refractivity contribution in [3.05, 3.63) is 12.7 Å². The monoisotopic (exact) mass is 249 g/mol. The van der Waals surface area contributed by atoms with Crippen LogP contribution >= 0.6 is 0 Å². The molecule has 1 rings (SSSR count). The Kier molecular flexibility index (Phi) is 4.84. The Balaban J connectivity index is 2.84. The lowest BCUT2D eigenvalue weighted by Gasteiger charge is -2.30. The fourth-order valence-corrected chi connectivity index (χ4v) is 2.21. The van der Waals surface area contributed by atoms with Crippen molar-refractivity contribution in [3.63, 3.8) is 0 Å². The number of likely N-dealkylation sites (tertiary alicyclic amines) is 1. The number of ether oxygens (including phenoxy) is 1. The molecule has 0 aromatic heterocycles. The van der Waals surface area contributed by atoms with Crippen LogP contribution < -0.4 is 0 Å². The number of amides is 1. The topological polar surface area (TPSA) is 29.5 Å². The van der Waals surface area contributed by atoms with Crippen LogP contribution in [-0.2, 0) is 4.74 Å². The van der Waals surface area contributed by atoms with Crippen molar-refractivity contribution in [1.82, 2.24) is 4.90 Å². The predicted octanol–water partition coefficient (Wildman–Crippen LogP) is 3.35. The molecule has 0 radical (unpaired) electrons. The lowest BCUT2D eigenvalue weighted by molar-refractivity contribution is 0.0188. The molecule has 1 heterocycles. The fraction of sp³-hybridized carbons (Fsp3) is 0.667. The van der Waals surface area contributed by atoms with Gasteiger partial charge in [0.05, 0.1) is 6.04 Å². The smallest absolute Gasteiger partial charge is 0.411 e. The molecular weight excluding hydrogens is 226 g/mol. The van der Waals surface area contributed by atoms with E-state index in [0.717, 1.165) is 19.3 Å². The van der Waals surface area contributed by atoms with E-state index in [4.69, 9.17) is 4.74 Å². The Morgan fingerprint density at radius 2 is 2.17 bits per heavy atom. The van der Waals surface area contributed by atoms with Crippen molar-refractivity contribution < 1.29 is 9.53 Å². The minimum Gasteiger partial charge on any atom is -0.444 e. The highest BCUT2D eigenvalue weighted by Gasteiger charge is 2.37. The van der Waals surface area contributed by atoms with E-state index in [1.54, 1.807) is 11.8 Å². The van der Waals surface area contributed by atoms with E-state index in [0.29, 0.717) is 0 Å². The summed E-state index contributed by atoms with van der Waals surface area (Å²) in [5.74, 6) is 5.99. The SMILES string of the molecule is C=CC[C@@H]1CC[C@H](C#CC)N1C(=O)OC(C)(C)C. The average molecular weight is 249 g/mol. The largest absolute Gasteiger partial charge is 0.444 e. The highest BCUT2D eigenvalue weighted by atomic mass is 16.6. The van der Waals surface area contributed by atoms with Crippen LogP contribution in [0.4, 0.5) is 4.79 Å². The van der Waals surface area contributed by atoms with Gasteiger partial charge < -0.3 is 4.74 Å². The summed E-state index contributed by atoms with van der Waals surface area (Å²) in [6.45, 7) is 11.2. The van der Waals surface area contributed by atoms with E-state index < -0.39 is 5.60 Å². The quantitative estimate of drug-likeness (QED) is 0.555. The summed E-state index contributed by atoms with van der Waals surface area (Å²) in [5.41, 5.74) is -0.470. The zero-order chi connectivity index (χ0) is 13.8. The van der Waals surface area contributed by atoms with Crippen LogP contribution in [0, 0.1) is 11.8 Å². The zero-order valence-electron chi connectivity index (χ0n) is 11.8. The van der Waals surface area contributed by atoms with Gasteiger partial charge in [0.2, 0.25) is 0 Å². The average Bonchev–Trinajstić information content (AvgIpc) is 2.60. The fourth-order valence-electron chi connectivity index (χ4n) is 2.21. The molecule has 1 amide bonds. The van der Waals surface area contributed by atoms with Gasteiger partial charge in [-0.05, 0) is 47.0 Å². The van der Waals surface area contributed by atoms with E-state index in [2.05, 4.69) is 18.4 Å². The molecule has 100 valence electrons. The van der Waals surface area contributed by atoms with Gasteiger partial charge in [-0.3, -0.25) is 4.90 Å². The molecule has 0 saturated carbocycles. The number of carbonyl (C=O) groups is 1. The van der Waals surface area contributed by atoms with Crippen LogP contribution in [-0.4, -0.2) is 28.7 Å². The summed E-state index contributed by atoms with van der Waals surface area (Å²) in [4.78, 5) is 14.0. The van der Waals surface area contributed by atoms with Gasteiger partial charge in [-0.1, -0.05) is 12.0 Å². The van der Waals surface area contributed by atoms with Gasteiger partial charge in [-0.15, -0.1) is 12.5 Å². The molecule has 0 bridgehead atoms. The van der Waals surface area contributed by atoms with Crippen LogP contribution in [0.5, 0.6) is 0 Å². The van der Waals surface area contributed by atoms with Crippen LogP contribution in [0.1, 0.15) is 47.0 Å². The van der Waals surface area contributed by atoms with E-state index in [1.165, 1.54) is 0 Å². The Hall–Kier alpha value is -1.43. The first-order valence-electron chi connectivity index (χ1n) is 6.43.